The number of rotatable bonds is 7. The number of ether oxygens (including phenoxy) is 1. The molecular weight excluding hydrogens is 478 g/mol. The van der Waals surface area contributed by atoms with Gasteiger partial charge in [0.1, 0.15) is 6.04 Å². The number of amidine groups is 1. The number of carbonyl (C=O) groups is 1. The molecule has 3 N–H and O–H groups in total. The van der Waals surface area contributed by atoms with Crippen molar-refractivity contribution in [3.05, 3.63) is 77.9 Å². The van der Waals surface area contributed by atoms with Gasteiger partial charge in [0.15, 0.2) is 5.84 Å². The van der Waals surface area contributed by atoms with Crippen LogP contribution < -0.4 is 10.6 Å². The minimum Gasteiger partial charge on any atom is -0.465 e. The van der Waals surface area contributed by atoms with Gasteiger partial charge in [-0.25, -0.2) is 4.79 Å². The minimum atomic E-state index is -0.383. The fraction of sp³-hybridized carbons (Fsp3) is 0.400. The van der Waals surface area contributed by atoms with Crippen LogP contribution in [0.3, 0.4) is 0 Å². The minimum absolute atomic E-state index is 0.123. The number of anilines is 1. The lowest BCUT2D eigenvalue weighted by atomic mass is 9.94. The lowest BCUT2D eigenvalue weighted by Crippen LogP contribution is -2.54. The number of piperazine rings is 1. The summed E-state index contributed by atoms with van der Waals surface area (Å²) < 4.78 is 5.56. The quantitative estimate of drug-likeness (QED) is 0.162. The third kappa shape index (κ3) is 5.47. The number of esters is 1. The summed E-state index contributed by atoms with van der Waals surface area (Å²) in [7, 11) is 0. The molecule has 1 unspecified atom stereocenters. The Bertz CT molecular complexity index is 1260. The molecule has 2 aliphatic rings. The molecule has 0 saturated carbocycles. The summed E-state index contributed by atoms with van der Waals surface area (Å²) in [6, 6.07) is 22.5. The molecule has 0 amide bonds. The second kappa shape index (κ2) is 11.8. The molecule has 0 aliphatic carbocycles. The molecule has 2 saturated heterocycles. The summed E-state index contributed by atoms with van der Waals surface area (Å²) in [6.45, 7) is 7.94. The van der Waals surface area contributed by atoms with Crippen molar-refractivity contribution in [2.75, 3.05) is 50.8 Å². The molecule has 8 nitrogen and oxygen atoms in total. The number of benzene rings is 3. The Kier molecular flexibility index (Phi) is 8.10. The molecule has 200 valence electrons. The van der Waals surface area contributed by atoms with Crippen LogP contribution in [0.25, 0.3) is 10.8 Å². The van der Waals surface area contributed by atoms with Crippen LogP contribution in [0.15, 0.2) is 71.9 Å². The van der Waals surface area contributed by atoms with Gasteiger partial charge in [-0.2, -0.15) is 0 Å². The Morgan fingerprint density at radius 2 is 1.66 bits per heavy atom. The van der Waals surface area contributed by atoms with Crippen molar-refractivity contribution >= 4 is 28.3 Å². The number of hydrogen-bond acceptors (Lipinski definition) is 7. The first-order chi connectivity index (χ1) is 18.6. The number of nitrogens with two attached hydrogens (primary N) is 1. The van der Waals surface area contributed by atoms with Crippen molar-refractivity contribution in [2.45, 2.75) is 31.8 Å². The molecule has 0 radical (unpaired) electrons. The maximum atomic E-state index is 13.2. The van der Waals surface area contributed by atoms with Crippen molar-refractivity contribution in [3.8, 4) is 0 Å². The number of carbonyl (C=O) groups excluding carboxylic acids is 1. The van der Waals surface area contributed by atoms with Gasteiger partial charge in [0.05, 0.1) is 6.61 Å². The van der Waals surface area contributed by atoms with Gasteiger partial charge in [-0.05, 0) is 60.4 Å². The van der Waals surface area contributed by atoms with Crippen LogP contribution in [0, 0.1) is 0 Å². The zero-order valence-corrected chi connectivity index (χ0v) is 22.0. The summed E-state index contributed by atoms with van der Waals surface area (Å²) in [5.41, 5.74) is 8.59. The first-order valence-electron chi connectivity index (χ1n) is 13.5. The van der Waals surface area contributed by atoms with Gasteiger partial charge >= 0.3 is 5.97 Å². The molecule has 0 bridgehead atoms. The summed E-state index contributed by atoms with van der Waals surface area (Å²) in [6.07, 6.45) is 2.07. The molecule has 0 spiro atoms. The smallest absolute Gasteiger partial charge is 0.328 e. The van der Waals surface area contributed by atoms with E-state index in [4.69, 9.17) is 15.7 Å². The van der Waals surface area contributed by atoms with E-state index < -0.39 is 0 Å². The third-order valence-electron chi connectivity index (χ3n) is 7.96. The van der Waals surface area contributed by atoms with Crippen molar-refractivity contribution in [1.82, 2.24) is 9.80 Å². The van der Waals surface area contributed by atoms with E-state index >= 15 is 0 Å². The van der Waals surface area contributed by atoms with Crippen LogP contribution in [0.1, 0.15) is 36.9 Å². The summed E-state index contributed by atoms with van der Waals surface area (Å²) in [4.78, 5) is 20.5. The number of oxime groups is 1. The molecule has 2 fully saturated rings. The predicted octanol–water partition coefficient (Wildman–Crippen LogP) is 3.83. The largest absolute Gasteiger partial charge is 0.465 e. The van der Waals surface area contributed by atoms with Gasteiger partial charge in [0.2, 0.25) is 0 Å². The number of nitrogens with zero attached hydrogens (tertiary/aromatic N) is 4. The van der Waals surface area contributed by atoms with E-state index in [0.29, 0.717) is 18.2 Å². The zero-order valence-electron chi connectivity index (χ0n) is 22.0. The Morgan fingerprint density at radius 3 is 2.34 bits per heavy atom. The van der Waals surface area contributed by atoms with E-state index in [-0.39, 0.29) is 17.8 Å². The highest BCUT2D eigenvalue weighted by atomic mass is 16.5. The molecule has 0 aromatic heterocycles. The number of piperidine rings is 1. The summed E-state index contributed by atoms with van der Waals surface area (Å²) in [5.74, 6) is -0.0349. The standard InChI is InChI=1S/C30H37N5O3/c1-2-38-30(36)28(27-9-5-7-22-6-3-4-8-26(22)27)35-16-14-25(15-17-35)34-20-18-33(19-21-34)24-12-10-23(11-13-24)29(31)32-37/h3-13,25,28,37H,2,14-21H2,1H3,(H2,31,32). The van der Waals surface area contributed by atoms with E-state index in [9.17, 15) is 4.79 Å². The van der Waals surface area contributed by atoms with Crippen LogP contribution in [-0.4, -0.2) is 78.7 Å². The molecule has 2 heterocycles. The van der Waals surface area contributed by atoms with Crippen LogP contribution in [0.5, 0.6) is 0 Å². The zero-order chi connectivity index (χ0) is 26.5. The average molecular weight is 516 g/mol. The molecule has 3 aromatic rings. The highest BCUT2D eigenvalue weighted by molar-refractivity contribution is 5.97. The predicted molar refractivity (Wildman–Crippen MR) is 151 cm³/mol. The fourth-order valence-electron chi connectivity index (χ4n) is 5.94. The van der Waals surface area contributed by atoms with Crippen molar-refractivity contribution in [3.63, 3.8) is 0 Å². The summed E-state index contributed by atoms with van der Waals surface area (Å²) in [5, 5.41) is 14.2. The number of fused-ring (bicyclic) bond motifs is 1. The number of hydrogen-bond donors (Lipinski definition) is 2. The van der Waals surface area contributed by atoms with E-state index in [1.54, 1.807) is 0 Å². The third-order valence-corrected chi connectivity index (χ3v) is 7.96. The lowest BCUT2D eigenvalue weighted by molar-refractivity contribution is -0.150. The molecule has 8 heteroatoms. The van der Waals surface area contributed by atoms with Gasteiger partial charge in [-0.3, -0.25) is 9.80 Å². The normalized spacial score (nSPS) is 19.0. The van der Waals surface area contributed by atoms with Crippen LogP contribution in [0.2, 0.25) is 0 Å². The Balaban J connectivity index is 1.21. The molecule has 3 aromatic carbocycles. The highest BCUT2D eigenvalue weighted by Gasteiger charge is 2.35. The van der Waals surface area contributed by atoms with E-state index in [1.165, 1.54) is 0 Å². The fourth-order valence-corrected chi connectivity index (χ4v) is 5.94. The van der Waals surface area contributed by atoms with Gasteiger partial charge in [0, 0.05) is 56.6 Å². The second-order valence-electron chi connectivity index (χ2n) is 10.0. The van der Waals surface area contributed by atoms with E-state index in [2.05, 4.69) is 44.1 Å². The highest BCUT2D eigenvalue weighted by Crippen LogP contribution is 2.32. The Morgan fingerprint density at radius 1 is 0.974 bits per heavy atom. The second-order valence-corrected chi connectivity index (χ2v) is 10.0. The van der Waals surface area contributed by atoms with Gasteiger partial charge in [-0.1, -0.05) is 47.6 Å². The van der Waals surface area contributed by atoms with Crippen LogP contribution in [-0.2, 0) is 9.53 Å². The van der Waals surface area contributed by atoms with Crippen molar-refractivity contribution < 1.29 is 14.7 Å². The maximum absolute atomic E-state index is 13.2. The van der Waals surface area contributed by atoms with Gasteiger partial charge in [-0.15, -0.1) is 0 Å². The van der Waals surface area contributed by atoms with Crippen molar-refractivity contribution in [1.29, 1.82) is 0 Å². The Labute approximate surface area is 224 Å². The van der Waals surface area contributed by atoms with Crippen LogP contribution >= 0.6 is 0 Å². The summed E-state index contributed by atoms with van der Waals surface area (Å²) >= 11 is 0. The molecule has 1 atom stereocenters. The molecule has 38 heavy (non-hydrogen) atoms. The first-order valence-corrected chi connectivity index (χ1v) is 13.5. The SMILES string of the molecule is CCOC(=O)C(c1cccc2ccccc12)N1CCC(N2CCN(c3ccc(/C(N)=N\O)cc3)CC2)CC1. The number of likely N-dealkylation sites (tertiary alicyclic amines) is 1. The van der Waals surface area contributed by atoms with Crippen molar-refractivity contribution in [2.24, 2.45) is 10.9 Å². The first kappa shape index (κ1) is 26.0. The topological polar surface area (TPSA) is 94.6 Å². The molecule has 5 rings (SSSR count). The van der Waals surface area contributed by atoms with E-state index in [1.807, 2.05) is 49.4 Å². The molecular formula is C30H37N5O3. The monoisotopic (exact) mass is 515 g/mol. The average Bonchev–Trinajstić information content (AvgIpc) is 2.98. The van der Waals surface area contributed by atoms with Gasteiger partial charge < -0.3 is 20.6 Å². The Hall–Kier alpha value is -3.62. The van der Waals surface area contributed by atoms with Gasteiger partial charge in [0.25, 0.3) is 0 Å². The molecule has 2 aliphatic heterocycles. The lowest BCUT2D eigenvalue weighted by Gasteiger charge is -2.44. The maximum Gasteiger partial charge on any atom is 0.328 e. The van der Waals surface area contributed by atoms with E-state index in [0.717, 1.165) is 74.1 Å². The van der Waals surface area contributed by atoms with Crippen LogP contribution in [0.4, 0.5) is 5.69 Å².